The van der Waals surface area contributed by atoms with Gasteiger partial charge in [0.05, 0.1) is 5.69 Å². The number of hydrogen-bond donors (Lipinski definition) is 2. The molecule has 0 bridgehead atoms. The molecule has 1 saturated heterocycles. The van der Waals surface area contributed by atoms with Gasteiger partial charge in [-0.05, 0) is 48.6 Å². The minimum Gasteiger partial charge on any atom is -0.369 e. The molecule has 1 amide bonds. The van der Waals surface area contributed by atoms with E-state index in [1.807, 2.05) is 12.1 Å². The first-order valence-electron chi connectivity index (χ1n) is 6.78. The van der Waals surface area contributed by atoms with Crippen LogP contribution < -0.4 is 16.0 Å². The fraction of sp³-hybridized carbons (Fsp3) is 0.500. The second kappa shape index (κ2) is 5.02. The molecule has 1 fully saturated rings. The van der Waals surface area contributed by atoms with Gasteiger partial charge in [-0.1, -0.05) is 0 Å². The molecule has 0 radical (unpaired) electrons. The van der Waals surface area contributed by atoms with E-state index in [-0.39, 0.29) is 5.91 Å². The number of halogens is 1. The summed E-state index contributed by atoms with van der Waals surface area (Å²) in [7, 11) is 4.23. The Kier molecular flexibility index (Phi) is 3.48. The molecule has 0 spiro atoms. The van der Waals surface area contributed by atoms with Crippen LogP contribution in [0.1, 0.15) is 18.0 Å². The van der Waals surface area contributed by atoms with Gasteiger partial charge in [-0.2, -0.15) is 0 Å². The Hall–Kier alpha value is -1.11. The van der Waals surface area contributed by atoms with Crippen LogP contribution in [-0.2, 0) is 4.79 Å². The van der Waals surface area contributed by atoms with Crippen molar-refractivity contribution in [2.75, 3.05) is 37.4 Å². The molecule has 1 aromatic rings. The molecule has 2 atom stereocenters. The Labute approximate surface area is 127 Å². The standard InChI is InChI=1S/C14H19BrN4O/c1-18(2)8-3-4-19(7-8)12-6-11-9(5-10(12)15)13(16)14(20)17-11/h5-6,8,13H,3-4,7,16H2,1-2H3,(H,17,20). The van der Waals surface area contributed by atoms with Crippen LogP contribution >= 0.6 is 15.9 Å². The normalized spacial score (nSPS) is 25.2. The summed E-state index contributed by atoms with van der Waals surface area (Å²) in [6.07, 6.45) is 1.16. The highest BCUT2D eigenvalue weighted by atomic mass is 79.9. The zero-order valence-electron chi connectivity index (χ0n) is 11.7. The maximum atomic E-state index is 11.6. The van der Waals surface area contributed by atoms with E-state index < -0.39 is 6.04 Å². The van der Waals surface area contributed by atoms with Gasteiger partial charge >= 0.3 is 0 Å². The van der Waals surface area contributed by atoms with Crippen LogP contribution in [0.5, 0.6) is 0 Å². The highest BCUT2D eigenvalue weighted by Gasteiger charge is 2.31. The zero-order chi connectivity index (χ0) is 14.4. The maximum Gasteiger partial charge on any atom is 0.245 e. The van der Waals surface area contributed by atoms with Crippen LogP contribution in [0.4, 0.5) is 11.4 Å². The number of anilines is 2. The lowest BCUT2D eigenvalue weighted by Crippen LogP contribution is -2.31. The lowest BCUT2D eigenvalue weighted by molar-refractivity contribution is -0.116. The Bertz CT molecular complexity index is 560. The largest absolute Gasteiger partial charge is 0.369 e. The van der Waals surface area contributed by atoms with Crippen LogP contribution in [0.15, 0.2) is 16.6 Å². The van der Waals surface area contributed by atoms with E-state index in [1.54, 1.807) is 0 Å². The first kappa shape index (κ1) is 13.9. The minimum atomic E-state index is -0.552. The fourth-order valence-corrected chi connectivity index (χ4v) is 3.53. The third kappa shape index (κ3) is 2.21. The second-order valence-electron chi connectivity index (χ2n) is 5.71. The molecule has 20 heavy (non-hydrogen) atoms. The van der Waals surface area contributed by atoms with Crippen molar-refractivity contribution in [1.29, 1.82) is 0 Å². The summed E-state index contributed by atoms with van der Waals surface area (Å²) in [5, 5.41) is 2.85. The van der Waals surface area contributed by atoms with E-state index in [0.29, 0.717) is 6.04 Å². The van der Waals surface area contributed by atoms with Crippen molar-refractivity contribution < 1.29 is 4.79 Å². The number of likely N-dealkylation sites (N-methyl/N-ethyl adjacent to an activating group) is 1. The number of benzene rings is 1. The van der Waals surface area contributed by atoms with Gasteiger partial charge in [-0.25, -0.2) is 0 Å². The van der Waals surface area contributed by atoms with Crippen molar-refractivity contribution in [2.45, 2.75) is 18.5 Å². The quantitative estimate of drug-likeness (QED) is 0.858. The molecule has 3 N–H and O–H groups in total. The molecular weight excluding hydrogens is 320 g/mol. The molecule has 108 valence electrons. The van der Waals surface area contributed by atoms with E-state index >= 15 is 0 Å². The summed E-state index contributed by atoms with van der Waals surface area (Å²) in [6, 6.07) is 4.02. The number of carbonyl (C=O) groups excluding carboxylic acids is 1. The van der Waals surface area contributed by atoms with E-state index in [1.165, 1.54) is 0 Å². The van der Waals surface area contributed by atoms with E-state index in [4.69, 9.17) is 5.73 Å². The van der Waals surface area contributed by atoms with Gasteiger partial charge in [-0.15, -0.1) is 0 Å². The monoisotopic (exact) mass is 338 g/mol. The average molecular weight is 339 g/mol. The first-order chi connectivity index (χ1) is 9.47. The lowest BCUT2D eigenvalue weighted by atomic mass is 10.1. The summed E-state index contributed by atoms with van der Waals surface area (Å²) in [6.45, 7) is 2.03. The second-order valence-corrected chi connectivity index (χ2v) is 6.56. The zero-order valence-corrected chi connectivity index (χ0v) is 13.3. The Balaban J connectivity index is 1.89. The van der Waals surface area contributed by atoms with Crippen LogP contribution in [0, 0.1) is 0 Å². The Morgan fingerprint density at radius 2 is 2.20 bits per heavy atom. The number of carbonyl (C=O) groups is 1. The van der Waals surface area contributed by atoms with Gasteiger partial charge < -0.3 is 20.9 Å². The third-order valence-electron chi connectivity index (χ3n) is 4.23. The third-order valence-corrected chi connectivity index (χ3v) is 4.86. The lowest BCUT2D eigenvalue weighted by Gasteiger charge is -2.23. The number of fused-ring (bicyclic) bond motifs is 1. The first-order valence-corrected chi connectivity index (χ1v) is 7.58. The highest BCUT2D eigenvalue weighted by molar-refractivity contribution is 9.10. The molecule has 0 aromatic heterocycles. The summed E-state index contributed by atoms with van der Waals surface area (Å²) in [4.78, 5) is 16.3. The van der Waals surface area contributed by atoms with Crippen molar-refractivity contribution in [2.24, 2.45) is 5.73 Å². The number of hydrogen-bond acceptors (Lipinski definition) is 4. The van der Waals surface area contributed by atoms with Crippen molar-refractivity contribution in [3.8, 4) is 0 Å². The molecule has 0 aliphatic carbocycles. The predicted molar refractivity (Wildman–Crippen MR) is 84.0 cm³/mol. The number of rotatable bonds is 2. The molecule has 5 nitrogen and oxygen atoms in total. The summed E-state index contributed by atoms with van der Waals surface area (Å²) in [5.74, 6) is -0.128. The molecular formula is C14H19BrN4O. The Morgan fingerprint density at radius 1 is 1.45 bits per heavy atom. The van der Waals surface area contributed by atoms with Crippen LogP contribution in [0.3, 0.4) is 0 Å². The molecule has 2 aliphatic heterocycles. The number of nitrogens with zero attached hydrogens (tertiary/aromatic N) is 2. The SMILES string of the molecule is CN(C)C1CCN(c2cc3c(cc2Br)C(N)C(=O)N3)C1. The van der Waals surface area contributed by atoms with E-state index in [0.717, 1.165) is 40.9 Å². The smallest absolute Gasteiger partial charge is 0.245 e. The van der Waals surface area contributed by atoms with Crippen molar-refractivity contribution in [3.63, 3.8) is 0 Å². The van der Waals surface area contributed by atoms with Crippen LogP contribution in [-0.4, -0.2) is 44.0 Å². The van der Waals surface area contributed by atoms with Gasteiger partial charge in [0.25, 0.3) is 0 Å². The minimum absolute atomic E-state index is 0.128. The summed E-state index contributed by atoms with van der Waals surface area (Å²) >= 11 is 3.61. The van der Waals surface area contributed by atoms with E-state index in [2.05, 4.69) is 45.1 Å². The molecule has 3 rings (SSSR count). The van der Waals surface area contributed by atoms with Crippen LogP contribution in [0.25, 0.3) is 0 Å². The highest BCUT2D eigenvalue weighted by Crippen LogP contribution is 2.39. The van der Waals surface area contributed by atoms with E-state index in [9.17, 15) is 4.79 Å². The molecule has 2 heterocycles. The summed E-state index contributed by atoms with van der Waals surface area (Å²) in [5.41, 5.74) is 8.71. The van der Waals surface area contributed by atoms with Gasteiger partial charge in [0.2, 0.25) is 5.91 Å². The molecule has 2 aliphatic rings. The van der Waals surface area contributed by atoms with Gasteiger partial charge in [0.1, 0.15) is 6.04 Å². The van der Waals surface area contributed by atoms with Crippen molar-refractivity contribution in [3.05, 3.63) is 22.2 Å². The average Bonchev–Trinajstić information content (AvgIpc) is 2.97. The molecule has 2 unspecified atom stereocenters. The van der Waals surface area contributed by atoms with Gasteiger partial charge in [-0.3, -0.25) is 4.79 Å². The number of amides is 1. The van der Waals surface area contributed by atoms with Gasteiger partial charge in [0.15, 0.2) is 0 Å². The fourth-order valence-electron chi connectivity index (χ4n) is 2.92. The molecule has 0 saturated carbocycles. The topological polar surface area (TPSA) is 61.6 Å². The number of nitrogens with two attached hydrogens (primary N) is 1. The van der Waals surface area contributed by atoms with Gasteiger partial charge in [0, 0.05) is 34.9 Å². The molecule has 1 aromatic carbocycles. The van der Waals surface area contributed by atoms with Crippen molar-refractivity contribution >= 4 is 33.2 Å². The predicted octanol–water partition coefficient (Wildman–Crippen LogP) is 1.54. The summed E-state index contributed by atoms with van der Waals surface area (Å²) < 4.78 is 1.00. The Morgan fingerprint density at radius 3 is 2.85 bits per heavy atom. The van der Waals surface area contributed by atoms with Crippen molar-refractivity contribution in [1.82, 2.24) is 4.90 Å². The number of nitrogens with one attached hydrogen (secondary N) is 1. The van der Waals surface area contributed by atoms with Crippen LogP contribution in [0.2, 0.25) is 0 Å². The maximum absolute atomic E-state index is 11.6. The molecule has 6 heteroatoms.